The molecule has 0 spiro atoms. The van der Waals surface area contributed by atoms with Gasteiger partial charge in [0.25, 0.3) is 11.8 Å². The zero-order chi connectivity index (χ0) is 21.2. The van der Waals surface area contributed by atoms with Gasteiger partial charge < -0.3 is 14.8 Å². The van der Waals surface area contributed by atoms with E-state index >= 15 is 0 Å². The number of hydrazone groups is 1. The van der Waals surface area contributed by atoms with Crippen molar-refractivity contribution in [1.29, 1.82) is 0 Å². The molecule has 3 aromatic carbocycles. The lowest BCUT2D eigenvalue weighted by Gasteiger charge is -2.08. The van der Waals surface area contributed by atoms with Crippen LogP contribution in [-0.4, -0.2) is 31.7 Å². The highest BCUT2D eigenvalue weighted by Gasteiger charge is 2.06. The van der Waals surface area contributed by atoms with E-state index < -0.39 is 0 Å². The first kappa shape index (κ1) is 20.6. The number of nitrogens with zero attached hydrogens (tertiary/aromatic N) is 1. The van der Waals surface area contributed by atoms with E-state index in [1.165, 1.54) is 13.3 Å². The predicted octanol–water partition coefficient (Wildman–Crippen LogP) is 3.48. The Hall–Kier alpha value is -4.13. The lowest BCUT2D eigenvalue weighted by atomic mass is 10.2. The van der Waals surface area contributed by atoms with Gasteiger partial charge in [0.2, 0.25) is 0 Å². The largest absolute Gasteiger partial charge is 0.497 e. The molecule has 30 heavy (non-hydrogen) atoms. The number of hydrogen-bond donors (Lipinski definition) is 2. The fraction of sp³-hybridized carbons (Fsp3) is 0.0870. The molecule has 7 nitrogen and oxygen atoms in total. The Morgan fingerprint density at radius 1 is 0.933 bits per heavy atom. The van der Waals surface area contributed by atoms with Crippen LogP contribution in [0.15, 0.2) is 84.0 Å². The SMILES string of the molecule is COc1cccc(C(=O)N/N=C/c2cccc(OCC(=O)Nc3ccccc3)c2)c1. The molecule has 152 valence electrons. The van der Waals surface area contributed by atoms with Gasteiger partial charge in [-0.25, -0.2) is 5.43 Å². The minimum Gasteiger partial charge on any atom is -0.497 e. The average Bonchev–Trinajstić information content (AvgIpc) is 2.78. The van der Waals surface area contributed by atoms with Crippen LogP contribution in [-0.2, 0) is 4.79 Å². The Bertz CT molecular complexity index is 1040. The third kappa shape index (κ3) is 6.20. The van der Waals surface area contributed by atoms with E-state index in [4.69, 9.17) is 9.47 Å². The average molecular weight is 403 g/mol. The molecule has 2 amide bonds. The lowest BCUT2D eigenvalue weighted by Crippen LogP contribution is -2.20. The van der Waals surface area contributed by atoms with E-state index in [1.54, 1.807) is 60.7 Å². The van der Waals surface area contributed by atoms with Gasteiger partial charge in [-0.15, -0.1) is 0 Å². The molecule has 0 aliphatic carbocycles. The number of anilines is 1. The zero-order valence-electron chi connectivity index (χ0n) is 16.4. The summed E-state index contributed by atoms with van der Waals surface area (Å²) in [7, 11) is 1.54. The molecule has 3 aromatic rings. The summed E-state index contributed by atoms with van der Waals surface area (Å²) in [5.74, 6) is 0.495. The third-order valence-corrected chi connectivity index (χ3v) is 4.00. The summed E-state index contributed by atoms with van der Waals surface area (Å²) in [4.78, 5) is 24.1. The maximum Gasteiger partial charge on any atom is 0.271 e. The van der Waals surface area contributed by atoms with Crippen LogP contribution in [0.2, 0.25) is 0 Å². The minimum absolute atomic E-state index is 0.123. The first-order chi connectivity index (χ1) is 14.6. The number of ether oxygens (including phenoxy) is 2. The second-order valence-corrected chi connectivity index (χ2v) is 6.21. The molecule has 3 rings (SSSR count). The van der Waals surface area contributed by atoms with Crippen molar-refractivity contribution in [3.63, 3.8) is 0 Å². The maximum atomic E-state index is 12.1. The van der Waals surface area contributed by atoms with Gasteiger partial charge in [0, 0.05) is 11.3 Å². The molecule has 0 radical (unpaired) electrons. The van der Waals surface area contributed by atoms with E-state index in [9.17, 15) is 9.59 Å². The van der Waals surface area contributed by atoms with E-state index in [0.717, 1.165) is 0 Å². The molecule has 0 bridgehead atoms. The van der Waals surface area contributed by atoms with Gasteiger partial charge in [-0.2, -0.15) is 5.10 Å². The molecule has 0 aliphatic rings. The monoisotopic (exact) mass is 403 g/mol. The predicted molar refractivity (Wildman–Crippen MR) is 115 cm³/mol. The summed E-state index contributed by atoms with van der Waals surface area (Å²) in [6, 6.07) is 23.0. The number of nitrogens with one attached hydrogen (secondary N) is 2. The van der Waals surface area contributed by atoms with E-state index in [-0.39, 0.29) is 18.4 Å². The Kier molecular flexibility index (Phi) is 7.16. The molecule has 0 heterocycles. The van der Waals surface area contributed by atoms with Gasteiger partial charge in [0.05, 0.1) is 13.3 Å². The van der Waals surface area contributed by atoms with Crippen LogP contribution in [0.4, 0.5) is 5.69 Å². The van der Waals surface area contributed by atoms with Crippen LogP contribution in [0, 0.1) is 0 Å². The number of carbonyl (C=O) groups is 2. The van der Waals surface area contributed by atoms with Gasteiger partial charge in [-0.05, 0) is 48.0 Å². The Balaban J connectivity index is 1.52. The van der Waals surface area contributed by atoms with Gasteiger partial charge in [-0.1, -0.05) is 36.4 Å². The van der Waals surface area contributed by atoms with Crippen molar-refractivity contribution in [1.82, 2.24) is 5.43 Å². The van der Waals surface area contributed by atoms with Crippen molar-refractivity contribution in [3.05, 3.63) is 90.0 Å². The van der Waals surface area contributed by atoms with Crippen LogP contribution >= 0.6 is 0 Å². The molecule has 0 saturated heterocycles. The van der Waals surface area contributed by atoms with Gasteiger partial charge >= 0.3 is 0 Å². The zero-order valence-corrected chi connectivity index (χ0v) is 16.4. The Morgan fingerprint density at radius 3 is 2.50 bits per heavy atom. The summed E-state index contributed by atoms with van der Waals surface area (Å²) in [6.07, 6.45) is 1.50. The van der Waals surface area contributed by atoms with E-state index in [2.05, 4.69) is 15.8 Å². The quantitative estimate of drug-likeness (QED) is 0.445. The highest BCUT2D eigenvalue weighted by Crippen LogP contribution is 2.13. The van der Waals surface area contributed by atoms with E-state index in [0.29, 0.717) is 28.3 Å². The summed E-state index contributed by atoms with van der Waals surface area (Å²) < 4.78 is 10.6. The van der Waals surface area contributed by atoms with Crippen molar-refractivity contribution >= 4 is 23.7 Å². The minimum atomic E-state index is -0.352. The first-order valence-corrected chi connectivity index (χ1v) is 9.19. The number of amides is 2. The third-order valence-electron chi connectivity index (χ3n) is 4.00. The number of carbonyl (C=O) groups excluding carboxylic acids is 2. The highest BCUT2D eigenvalue weighted by atomic mass is 16.5. The van der Waals surface area contributed by atoms with Crippen molar-refractivity contribution in [2.75, 3.05) is 19.0 Å². The number of rotatable bonds is 8. The van der Waals surface area contributed by atoms with Crippen LogP contribution in [0.1, 0.15) is 15.9 Å². The Morgan fingerprint density at radius 2 is 1.70 bits per heavy atom. The molecule has 0 saturated carbocycles. The van der Waals surface area contributed by atoms with Crippen LogP contribution in [0.3, 0.4) is 0 Å². The van der Waals surface area contributed by atoms with Crippen LogP contribution < -0.4 is 20.2 Å². The molecule has 0 fully saturated rings. The molecular weight excluding hydrogens is 382 g/mol. The number of para-hydroxylation sites is 1. The first-order valence-electron chi connectivity index (χ1n) is 9.19. The summed E-state index contributed by atoms with van der Waals surface area (Å²) in [6.45, 7) is -0.123. The molecule has 0 atom stereocenters. The van der Waals surface area contributed by atoms with Crippen LogP contribution in [0.25, 0.3) is 0 Å². The standard InChI is InChI=1S/C23H21N3O4/c1-29-20-11-6-8-18(14-20)23(28)26-24-15-17-7-5-12-21(13-17)30-16-22(27)25-19-9-3-2-4-10-19/h2-15H,16H2,1H3,(H,25,27)(H,26,28)/b24-15+. The van der Waals surface area contributed by atoms with E-state index in [1.807, 2.05) is 18.2 Å². The number of methoxy groups -OCH3 is 1. The molecular formula is C23H21N3O4. The lowest BCUT2D eigenvalue weighted by molar-refractivity contribution is -0.118. The van der Waals surface area contributed by atoms with Gasteiger partial charge in [0.1, 0.15) is 11.5 Å². The fourth-order valence-electron chi connectivity index (χ4n) is 2.55. The fourth-order valence-corrected chi connectivity index (χ4v) is 2.55. The van der Waals surface area contributed by atoms with Crippen molar-refractivity contribution in [2.45, 2.75) is 0 Å². The molecule has 0 aliphatic heterocycles. The van der Waals surface area contributed by atoms with Crippen molar-refractivity contribution < 1.29 is 19.1 Å². The maximum absolute atomic E-state index is 12.1. The molecule has 0 aromatic heterocycles. The van der Waals surface area contributed by atoms with Gasteiger partial charge in [0.15, 0.2) is 6.61 Å². The topological polar surface area (TPSA) is 89.0 Å². The van der Waals surface area contributed by atoms with Crippen LogP contribution in [0.5, 0.6) is 11.5 Å². The number of hydrogen-bond acceptors (Lipinski definition) is 5. The Labute approximate surface area is 174 Å². The molecule has 0 unspecified atom stereocenters. The smallest absolute Gasteiger partial charge is 0.271 e. The summed E-state index contributed by atoms with van der Waals surface area (Å²) >= 11 is 0. The molecule has 2 N–H and O–H groups in total. The van der Waals surface area contributed by atoms with Crippen molar-refractivity contribution in [2.24, 2.45) is 5.10 Å². The summed E-state index contributed by atoms with van der Waals surface area (Å²) in [5.41, 5.74) is 4.32. The van der Waals surface area contributed by atoms with Gasteiger partial charge in [-0.3, -0.25) is 9.59 Å². The summed E-state index contributed by atoms with van der Waals surface area (Å²) in [5, 5.41) is 6.72. The second-order valence-electron chi connectivity index (χ2n) is 6.21. The normalized spacial score (nSPS) is 10.4. The number of benzene rings is 3. The molecule has 7 heteroatoms. The second kappa shape index (κ2) is 10.4. The highest BCUT2D eigenvalue weighted by molar-refractivity contribution is 5.95. The van der Waals surface area contributed by atoms with Crippen molar-refractivity contribution in [3.8, 4) is 11.5 Å².